The molecule has 0 saturated carbocycles. The van der Waals surface area contributed by atoms with E-state index in [4.69, 9.17) is 0 Å². The highest BCUT2D eigenvalue weighted by molar-refractivity contribution is 7.91. The number of hydrogen-bond acceptors (Lipinski definition) is 4. The van der Waals surface area contributed by atoms with Crippen LogP contribution < -0.4 is 4.90 Å². The van der Waals surface area contributed by atoms with E-state index >= 15 is 0 Å². The molecule has 156 valence electrons. The van der Waals surface area contributed by atoms with Crippen molar-refractivity contribution in [3.8, 4) is 33.6 Å². The fourth-order valence-corrected chi connectivity index (χ4v) is 5.49. The summed E-state index contributed by atoms with van der Waals surface area (Å²) < 4.78 is 38.4. The van der Waals surface area contributed by atoms with Crippen molar-refractivity contribution in [2.24, 2.45) is 0 Å². The lowest BCUT2D eigenvalue weighted by molar-refractivity contribution is 0.591. The fourth-order valence-electron chi connectivity index (χ4n) is 3.95. The molecule has 0 aliphatic carbocycles. The number of fused-ring (bicyclic) bond motifs is 1. The van der Waals surface area contributed by atoms with E-state index in [1.165, 1.54) is 12.1 Å². The van der Waals surface area contributed by atoms with E-state index in [0.29, 0.717) is 17.1 Å². The molecule has 0 spiro atoms. The molecule has 0 bridgehead atoms. The van der Waals surface area contributed by atoms with Crippen LogP contribution in [-0.4, -0.2) is 37.7 Å². The Balaban J connectivity index is 1.67. The molecule has 3 heterocycles. The predicted octanol–water partition coefficient (Wildman–Crippen LogP) is 4.77. The minimum absolute atomic E-state index is 0.124. The van der Waals surface area contributed by atoms with Crippen molar-refractivity contribution in [2.45, 2.75) is 4.90 Å². The van der Waals surface area contributed by atoms with Gasteiger partial charge in [0.15, 0.2) is 9.84 Å². The van der Waals surface area contributed by atoms with E-state index in [9.17, 15) is 12.8 Å². The van der Waals surface area contributed by atoms with Gasteiger partial charge in [0.05, 0.1) is 22.0 Å². The largest absolute Gasteiger partial charge is 0.372 e. The zero-order valence-electron chi connectivity index (χ0n) is 16.8. The van der Waals surface area contributed by atoms with Gasteiger partial charge in [-0.15, -0.1) is 0 Å². The summed E-state index contributed by atoms with van der Waals surface area (Å²) in [4.78, 5) is 9.89. The lowest BCUT2D eigenvalue weighted by atomic mass is 10.0. The number of rotatable bonds is 3. The summed E-state index contributed by atoms with van der Waals surface area (Å²) in [5.74, 6) is -0.167. The van der Waals surface area contributed by atoms with Crippen LogP contribution in [0.2, 0.25) is 0 Å². The van der Waals surface area contributed by atoms with Crippen molar-refractivity contribution in [3.05, 3.63) is 78.9 Å². The Labute approximate surface area is 180 Å². The Morgan fingerprint density at radius 3 is 2.39 bits per heavy atom. The average Bonchev–Trinajstić information content (AvgIpc) is 3.23. The third-order valence-electron chi connectivity index (χ3n) is 5.65. The minimum atomic E-state index is -3.26. The lowest BCUT2D eigenvalue weighted by Crippen LogP contribution is -2.32. The average molecular weight is 434 g/mol. The number of H-pyrrole nitrogens is 1. The standard InChI is InChI=1S/C24H20FN3O2S/c1-28-12-13-31(29,30)23-7-4-18(14-22(23)28)21-15-20(16-8-10-26-11-9-16)24(27-21)17-2-5-19(25)6-3-17/h2-11,14-15,27H,12-13H2,1H3. The summed E-state index contributed by atoms with van der Waals surface area (Å²) in [6.07, 6.45) is 3.46. The van der Waals surface area contributed by atoms with E-state index in [-0.39, 0.29) is 11.6 Å². The normalized spacial score (nSPS) is 15.0. The van der Waals surface area contributed by atoms with Crippen LogP contribution in [0.4, 0.5) is 10.1 Å². The molecule has 5 nitrogen and oxygen atoms in total. The maximum Gasteiger partial charge on any atom is 0.182 e. The number of anilines is 1. The Morgan fingerprint density at radius 2 is 1.65 bits per heavy atom. The zero-order valence-corrected chi connectivity index (χ0v) is 17.7. The van der Waals surface area contributed by atoms with Crippen LogP contribution in [0, 0.1) is 5.82 Å². The van der Waals surface area contributed by atoms with Crippen molar-refractivity contribution in [2.75, 3.05) is 24.2 Å². The van der Waals surface area contributed by atoms with Gasteiger partial charge < -0.3 is 9.88 Å². The van der Waals surface area contributed by atoms with Gasteiger partial charge in [-0.3, -0.25) is 4.98 Å². The SMILES string of the molecule is CN1CCS(=O)(=O)c2ccc(-c3cc(-c4ccncc4)c(-c4ccc(F)cc4)[nH]3)cc21. The molecule has 2 aromatic carbocycles. The van der Waals surface area contributed by atoms with E-state index in [0.717, 1.165) is 33.6 Å². The number of nitrogens with zero attached hydrogens (tertiary/aromatic N) is 2. The quantitative estimate of drug-likeness (QED) is 0.505. The van der Waals surface area contributed by atoms with Gasteiger partial charge in [0, 0.05) is 42.8 Å². The van der Waals surface area contributed by atoms with Crippen LogP contribution >= 0.6 is 0 Å². The molecule has 5 rings (SSSR count). The molecule has 1 aliphatic heterocycles. The van der Waals surface area contributed by atoms with Crippen LogP contribution in [-0.2, 0) is 9.84 Å². The van der Waals surface area contributed by atoms with E-state index < -0.39 is 9.84 Å². The highest BCUT2D eigenvalue weighted by atomic mass is 32.2. The number of pyridine rings is 1. The third-order valence-corrected chi connectivity index (χ3v) is 7.39. The first-order valence-corrected chi connectivity index (χ1v) is 11.6. The maximum atomic E-state index is 13.5. The van der Waals surface area contributed by atoms with Crippen LogP contribution in [0.1, 0.15) is 0 Å². The summed E-state index contributed by atoms with van der Waals surface area (Å²) in [6, 6.07) is 17.6. The molecule has 0 fully saturated rings. The number of aromatic amines is 1. The van der Waals surface area contributed by atoms with E-state index in [1.807, 2.05) is 42.3 Å². The first-order chi connectivity index (χ1) is 14.9. The number of halogens is 1. The predicted molar refractivity (Wildman–Crippen MR) is 120 cm³/mol. The van der Waals surface area contributed by atoms with Gasteiger partial charge in [-0.1, -0.05) is 6.07 Å². The van der Waals surface area contributed by atoms with Crippen LogP contribution in [0.5, 0.6) is 0 Å². The van der Waals surface area contributed by atoms with Crippen molar-refractivity contribution in [1.82, 2.24) is 9.97 Å². The van der Waals surface area contributed by atoms with E-state index in [2.05, 4.69) is 9.97 Å². The molecule has 0 amide bonds. The Morgan fingerprint density at radius 1 is 0.935 bits per heavy atom. The second-order valence-corrected chi connectivity index (χ2v) is 9.71. The Bertz CT molecular complexity index is 1360. The summed E-state index contributed by atoms with van der Waals surface area (Å²) in [7, 11) is -1.36. The maximum absolute atomic E-state index is 13.5. The molecule has 1 N–H and O–H groups in total. The number of hydrogen-bond donors (Lipinski definition) is 1. The molecule has 0 radical (unpaired) electrons. The summed E-state index contributed by atoms with van der Waals surface area (Å²) in [5, 5.41) is 0. The van der Waals surface area contributed by atoms with Crippen molar-refractivity contribution in [3.63, 3.8) is 0 Å². The topological polar surface area (TPSA) is 66.1 Å². The summed E-state index contributed by atoms with van der Waals surface area (Å²) in [5.41, 5.74) is 6.10. The minimum Gasteiger partial charge on any atom is -0.372 e. The smallest absolute Gasteiger partial charge is 0.182 e. The van der Waals surface area contributed by atoms with Gasteiger partial charge >= 0.3 is 0 Å². The summed E-state index contributed by atoms with van der Waals surface area (Å²) in [6.45, 7) is 0.465. The summed E-state index contributed by atoms with van der Waals surface area (Å²) >= 11 is 0. The molecule has 4 aromatic rings. The van der Waals surface area contributed by atoms with E-state index in [1.54, 1.807) is 30.6 Å². The van der Waals surface area contributed by atoms with Gasteiger partial charge in [0.1, 0.15) is 5.82 Å². The molecule has 1 aliphatic rings. The first-order valence-electron chi connectivity index (χ1n) is 9.90. The number of nitrogens with one attached hydrogen (secondary N) is 1. The highest BCUT2D eigenvalue weighted by Gasteiger charge is 2.27. The van der Waals surface area contributed by atoms with Crippen molar-refractivity contribution in [1.29, 1.82) is 0 Å². The van der Waals surface area contributed by atoms with Gasteiger partial charge in [-0.05, 0) is 65.7 Å². The Kier molecular flexibility index (Phi) is 4.63. The molecule has 0 saturated heterocycles. The molecule has 0 atom stereocenters. The zero-order chi connectivity index (χ0) is 21.6. The van der Waals surface area contributed by atoms with Crippen molar-refractivity contribution < 1.29 is 12.8 Å². The fraction of sp³-hybridized carbons (Fsp3) is 0.125. The van der Waals surface area contributed by atoms with Gasteiger partial charge in [0.25, 0.3) is 0 Å². The molecule has 2 aromatic heterocycles. The molecule has 7 heteroatoms. The van der Waals surface area contributed by atoms with Crippen LogP contribution in [0.25, 0.3) is 33.6 Å². The van der Waals surface area contributed by atoms with Crippen LogP contribution in [0.15, 0.2) is 78.0 Å². The monoisotopic (exact) mass is 433 g/mol. The number of aromatic nitrogens is 2. The second-order valence-electron chi connectivity index (χ2n) is 7.64. The third kappa shape index (κ3) is 3.51. The molecule has 31 heavy (non-hydrogen) atoms. The molecule has 0 unspecified atom stereocenters. The molecular formula is C24H20FN3O2S. The van der Waals surface area contributed by atoms with Crippen LogP contribution in [0.3, 0.4) is 0 Å². The highest BCUT2D eigenvalue weighted by Crippen LogP contribution is 2.38. The van der Waals surface area contributed by atoms with Gasteiger partial charge in [-0.2, -0.15) is 0 Å². The first kappa shape index (κ1) is 19.5. The second kappa shape index (κ2) is 7.35. The lowest BCUT2D eigenvalue weighted by Gasteiger charge is -2.27. The molecular weight excluding hydrogens is 413 g/mol. The van der Waals surface area contributed by atoms with Crippen molar-refractivity contribution >= 4 is 15.5 Å². The number of sulfone groups is 1. The van der Waals surface area contributed by atoms with Gasteiger partial charge in [-0.25, -0.2) is 12.8 Å². The Hall–Kier alpha value is -3.45. The number of benzene rings is 2. The van der Waals surface area contributed by atoms with Gasteiger partial charge in [0.2, 0.25) is 0 Å².